The first-order valence-corrected chi connectivity index (χ1v) is 7.31. The van der Waals surface area contributed by atoms with Gasteiger partial charge in [-0.3, -0.25) is 0 Å². The number of rotatable bonds is 7. The van der Waals surface area contributed by atoms with Crippen LogP contribution in [0.15, 0.2) is 16.0 Å². The average Bonchev–Trinajstić information content (AvgIpc) is 3.06. The summed E-state index contributed by atoms with van der Waals surface area (Å²) in [6, 6.07) is 0.563. The second kappa shape index (κ2) is 6.63. The minimum Gasteiger partial charge on any atom is -0.406 e. The van der Waals surface area contributed by atoms with E-state index in [1.54, 1.807) is 17.5 Å². The first-order valence-electron chi connectivity index (χ1n) is 6.43. The van der Waals surface area contributed by atoms with Crippen molar-refractivity contribution in [3.05, 3.63) is 22.5 Å². The van der Waals surface area contributed by atoms with E-state index in [0.717, 1.165) is 18.0 Å². The fraction of sp³-hybridized carbons (Fsp3) is 0.583. The molecular formula is C12H19N5OS. The van der Waals surface area contributed by atoms with Gasteiger partial charge in [0.05, 0.1) is 12.1 Å². The Balaban J connectivity index is 1.93. The topological polar surface area (TPSA) is 75.9 Å². The summed E-state index contributed by atoms with van der Waals surface area (Å²) in [5, 5.41) is 17.5. The molecule has 0 aliphatic carbocycles. The summed E-state index contributed by atoms with van der Waals surface area (Å²) >= 11 is 1.60. The lowest BCUT2D eigenvalue weighted by Gasteiger charge is -2.09. The molecular weight excluding hydrogens is 262 g/mol. The predicted molar refractivity (Wildman–Crippen MR) is 75.2 cm³/mol. The van der Waals surface area contributed by atoms with Crippen LogP contribution >= 0.6 is 11.3 Å². The highest BCUT2D eigenvalue weighted by atomic mass is 32.1. The van der Waals surface area contributed by atoms with Gasteiger partial charge in [0, 0.05) is 11.6 Å². The van der Waals surface area contributed by atoms with Crippen molar-refractivity contribution in [1.82, 2.24) is 20.5 Å². The van der Waals surface area contributed by atoms with Crippen LogP contribution in [0.25, 0.3) is 0 Å². The van der Waals surface area contributed by atoms with E-state index in [-0.39, 0.29) is 12.1 Å². The quantitative estimate of drug-likeness (QED) is 0.812. The van der Waals surface area contributed by atoms with Crippen LogP contribution in [0.3, 0.4) is 0 Å². The number of thiazole rings is 1. The Morgan fingerprint density at radius 3 is 2.84 bits per heavy atom. The smallest absolute Gasteiger partial charge is 0.316 e. The number of aromatic nitrogens is 3. The lowest BCUT2D eigenvalue weighted by atomic mass is 10.3. The molecule has 2 heterocycles. The van der Waals surface area contributed by atoms with Crippen LogP contribution in [0.1, 0.15) is 50.2 Å². The maximum Gasteiger partial charge on any atom is 0.316 e. The van der Waals surface area contributed by atoms with Crippen molar-refractivity contribution >= 4 is 17.4 Å². The van der Waals surface area contributed by atoms with Crippen molar-refractivity contribution < 1.29 is 4.42 Å². The maximum absolute atomic E-state index is 5.59. The number of anilines is 1. The van der Waals surface area contributed by atoms with Gasteiger partial charge in [-0.15, -0.1) is 16.4 Å². The van der Waals surface area contributed by atoms with Crippen LogP contribution in [0.5, 0.6) is 0 Å². The zero-order valence-corrected chi connectivity index (χ0v) is 12.2. The number of hydrogen-bond donors (Lipinski definition) is 2. The normalized spacial score (nSPS) is 14.3. The number of nitrogens with zero attached hydrogens (tertiary/aromatic N) is 3. The van der Waals surface area contributed by atoms with Gasteiger partial charge < -0.3 is 15.1 Å². The van der Waals surface area contributed by atoms with Crippen LogP contribution in [-0.2, 0) is 0 Å². The minimum atomic E-state index is 0.0622. The monoisotopic (exact) mass is 281 g/mol. The highest BCUT2D eigenvalue weighted by Crippen LogP contribution is 2.21. The van der Waals surface area contributed by atoms with Gasteiger partial charge in [0.1, 0.15) is 5.01 Å². The molecule has 0 radical (unpaired) electrons. The molecule has 0 saturated heterocycles. The zero-order chi connectivity index (χ0) is 13.7. The van der Waals surface area contributed by atoms with E-state index < -0.39 is 0 Å². The van der Waals surface area contributed by atoms with Crippen LogP contribution in [0.2, 0.25) is 0 Å². The van der Waals surface area contributed by atoms with Crippen LogP contribution in [0.4, 0.5) is 6.01 Å². The lowest BCUT2D eigenvalue weighted by Crippen LogP contribution is -2.19. The molecule has 2 aromatic rings. The first kappa shape index (κ1) is 14.0. The van der Waals surface area contributed by atoms with E-state index in [2.05, 4.69) is 32.7 Å². The fourth-order valence-electron chi connectivity index (χ4n) is 1.61. The molecule has 19 heavy (non-hydrogen) atoms. The molecule has 0 amide bonds. The molecule has 0 bridgehead atoms. The van der Waals surface area contributed by atoms with Crippen molar-refractivity contribution in [1.29, 1.82) is 0 Å². The summed E-state index contributed by atoms with van der Waals surface area (Å²) in [4.78, 5) is 4.25. The van der Waals surface area contributed by atoms with Gasteiger partial charge in [-0.2, -0.15) is 0 Å². The van der Waals surface area contributed by atoms with Crippen LogP contribution in [0, 0.1) is 0 Å². The molecule has 2 aromatic heterocycles. The Bertz CT molecular complexity index is 484. The molecule has 0 fully saturated rings. The molecule has 2 rings (SSSR count). The van der Waals surface area contributed by atoms with Crippen molar-refractivity contribution in [3.8, 4) is 0 Å². The SMILES string of the molecule is CCCNC(C)c1nnc(NC(C)c2nccs2)o1. The zero-order valence-electron chi connectivity index (χ0n) is 11.4. The largest absolute Gasteiger partial charge is 0.406 e. The Kier molecular flexibility index (Phi) is 4.86. The molecule has 6 nitrogen and oxygen atoms in total. The van der Waals surface area contributed by atoms with Crippen LogP contribution < -0.4 is 10.6 Å². The second-order valence-electron chi connectivity index (χ2n) is 4.36. The van der Waals surface area contributed by atoms with E-state index in [4.69, 9.17) is 4.42 Å². The third-order valence-electron chi connectivity index (χ3n) is 2.67. The van der Waals surface area contributed by atoms with Gasteiger partial charge in [-0.25, -0.2) is 4.98 Å². The molecule has 2 unspecified atom stereocenters. The standard InChI is InChI=1S/C12H19N5OS/c1-4-5-13-8(2)10-16-17-12(18-10)15-9(3)11-14-6-7-19-11/h6-9,13H,4-5H2,1-3H3,(H,15,17). The summed E-state index contributed by atoms with van der Waals surface area (Å²) < 4.78 is 5.59. The van der Waals surface area contributed by atoms with E-state index in [0.29, 0.717) is 11.9 Å². The van der Waals surface area contributed by atoms with Crippen molar-refractivity contribution in [3.63, 3.8) is 0 Å². The summed E-state index contributed by atoms with van der Waals surface area (Å²) in [7, 11) is 0. The molecule has 0 saturated carbocycles. The highest BCUT2D eigenvalue weighted by molar-refractivity contribution is 7.09. The highest BCUT2D eigenvalue weighted by Gasteiger charge is 2.15. The Hall–Kier alpha value is -1.47. The van der Waals surface area contributed by atoms with Gasteiger partial charge in [0.2, 0.25) is 5.89 Å². The Labute approximate surface area is 116 Å². The minimum absolute atomic E-state index is 0.0622. The number of hydrogen-bond acceptors (Lipinski definition) is 7. The maximum atomic E-state index is 5.59. The molecule has 0 aliphatic heterocycles. The fourth-order valence-corrected chi connectivity index (χ4v) is 2.26. The van der Waals surface area contributed by atoms with E-state index in [1.165, 1.54) is 0 Å². The molecule has 0 aromatic carbocycles. The molecule has 2 atom stereocenters. The summed E-state index contributed by atoms with van der Waals surface area (Å²) in [5.74, 6) is 0.599. The second-order valence-corrected chi connectivity index (χ2v) is 5.28. The van der Waals surface area contributed by atoms with Gasteiger partial charge in [-0.1, -0.05) is 12.0 Å². The van der Waals surface area contributed by atoms with Crippen molar-refractivity contribution in [2.75, 3.05) is 11.9 Å². The van der Waals surface area contributed by atoms with Crippen molar-refractivity contribution in [2.24, 2.45) is 0 Å². The van der Waals surface area contributed by atoms with Gasteiger partial charge in [-0.05, 0) is 26.8 Å². The molecule has 7 heteroatoms. The predicted octanol–water partition coefficient (Wildman–Crippen LogP) is 2.76. The molecule has 0 aliphatic rings. The van der Waals surface area contributed by atoms with E-state index >= 15 is 0 Å². The Morgan fingerprint density at radius 2 is 2.16 bits per heavy atom. The lowest BCUT2D eigenvalue weighted by molar-refractivity contribution is 0.421. The Morgan fingerprint density at radius 1 is 1.32 bits per heavy atom. The van der Waals surface area contributed by atoms with Crippen molar-refractivity contribution in [2.45, 2.75) is 39.3 Å². The van der Waals surface area contributed by atoms with Gasteiger partial charge in [0.15, 0.2) is 0 Å². The molecule has 2 N–H and O–H groups in total. The summed E-state index contributed by atoms with van der Waals surface area (Å²) in [5.41, 5.74) is 0. The van der Waals surface area contributed by atoms with Crippen LogP contribution in [-0.4, -0.2) is 21.7 Å². The third-order valence-corrected chi connectivity index (χ3v) is 3.63. The number of nitrogens with one attached hydrogen (secondary N) is 2. The molecule has 104 valence electrons. The summed E-state index contributed by atoms with van der Waals surface area (Å²) in [6.07, 6.45) is 2.86. The summed E-state index contributed by atoms with van der Waals surface area (Å²) in [6.45, 7) is 7.08. The van der Waals surface area contributed by atoms with Gasteiger partial charge in [0.25, 0.3) is 0 Å². The molecule has 0 spiro atoms. The van der Waals surface area contributed by atoms with Gasteiger partial charge >= 0.3 is 6.01 Å². The first-order chi connectivity index (χ1) is 9.20. The third kappa shape index (κ3) is 3.74. The average molecular weight is 281 g/mol. The van der Waals surface area contributed by atoms with E-state index in [1.807, 2.05) is 19.2 Å². The van der Waals surface area contributed by atoms with E-state index in [9.17, 15) is 0 Å².